The maximum atomic E-state index is 12.5. The molecule has 2 heterocycles. The van der Waals surface area contributed by atoms with Gasteiger partial charge in [0.25, 0.3) is 5.56 Å². The smallest absolute Gasteiger partial charge is 0.257 e. The Morgan fingerprint density at radius 2 is 2.05 bits per heavy atom. The number of nitrogens with zero attached hydrogens (tertiary/aromatic N) is 1. The van der Waals surface area contributed by atoms with Crippen LogP contribution in [0, 0.1) is 13.8 Å². The number of aromatic nitrogens is 2. The van der Waals surface area contributed by atoms with Gasteiger partial charge in [-0.3, -0.25) is 9.59 Å². The van der Waals surface area contributed by atoms with Gasteiger partial charge in [0.15, 0.2) is 5.16 Å². The molecule has 1 aliphatic heterocycles. The fourth-order valence-electron chi connectivity index (χ4n) is 2.93. The van der Waals surface area contributed by atoms with Crippen LogP contribution in [0.1, 0.15) is 34.6 Å². The third-order valence-electron chi connectivity index (χ3n) is 3.92. The number of benzene rings is 1. The van der Waals surface area contributed by atoms with Crippen molar-refractivity contribution in [2.75, 3.05) is 11.6 Å². The van der Waals surface area contributed by atoms with E-state index >= 15 is 0 Å². The van der Waals surface area contributed by atoms with Gasteiger partial charge >= 0.3 is 0 Å². The highest BCUT2D eigenvalue weighted by Crippen LogP contribution is 2.35. The lowest BCUT2D eigenvalue weighted by Crippen LogP contribution is -2.31. The van der Waals surface area contributed by atoms with E-state index in [-0.39, 0.29) is 23.8 Å². The van der Waals surface area contributed by atoms with Crippen LogP contribution in [0.2, 0.25) is 0 Å². The van der Waals surface area contributed by atoms with E-state index < -0.39 is 0 Å². The summed E-state index contributed by atoms with van der Waals surface area (Å²) in [6, 6.07) is 6.07. The van der Waals surface area contributed by atoms with Crippen molar-refractivity contribution in [3.05, 3.63) is 50.8 Å². The number of rotatable bonds is 2. The second-order valence-corrected chi connectivity index (χ2v) is 6.30. The number of anilines is 1. The first-order valence-corrected chi connectivity index (χ1v) is 8.27. The van der Waals surface area contributed by atoms with E-state index in [0.717, 1.165) is 16.7 Å². The van der Waals surface area contributed by atoms with Crippen LogP contribution in [0.15, 0.2) is 28.2 Å². The van der Waals surface area contributed by atoms with Gasteiger partial charge < -0.3 is 10.3 Å². The predicted molar refractivity (Wildman–Crippen MR) is 87.6 cm³/mol. The number of aryl methyl sites for hydroxylation is 2. The number of carbonyl (C=O) groups is 1. The van der Waals surface area contributed by atoms with Crippen molar-refractivity contribution in [3.8, 4) is 0 Å². The maximum Gasteiger partial charge on any atom is 0.257 e. The summed E-state index contributed by atoms with van der Waals surface area (Å²) in [6.07, 6.45) is 2.09. The average molecular weight is 315 g/mol. The molecule has 114 valence electrons. The molecular weight excluding hydrogens is 298 g/mol. The first-order chi connectivity index (χ1) is 10.5. The van der Waals surface area contributed by atoms with E-state index in [4.69, 9.17) is 0 Å². The SMILES string of the molecule is CSc1nc2c(c(=O)[nH]1)[C@H](c1ccc(C)cc1C)CC(=O)N2. The number of carbonyl (C=O) groups excluding carboxylic acids is 1. The van der Waals surface area contributed by atoms with Gasteiger partial charge in [-0.05, 0) is 31.2 Å². The number of hydrogen-bond acceptors (Lipinski definition) is 4. The molecule has 1 aromatic carbocycles. The van der Waals surface area contributed by atoms with E-state index in [1.165, 1.54) is 11.8 Å². The molecule has 2 aromatic rings. The molecule has 6 heteroatoms. The number of nitrogens with one attached hydrogen (secondary N) is 2. The molecule has 0 fully saturated rings. The van der Waals surface area contributed by atoms with Crippen molar-refractivity contribution >= 4 is 23.5 Å². The molecule has 1 aliphatic rings. The molecule has 0 spiro atoms. The molecule has 2 N–H and O–H groups in total. The minimum atomic E-state index is -0.253. The second kappa shape index (κ2) is 5.61. The fourth-order valence-corrected chi connectivity index (χ4v) is 3.31. The van der Waals surface area contributed by atoms with Crippen LogP contribution < -0.4 is 10.9 Å². The lowest BCUT2D eigenvalue weighted by Gasteiger charge is -2.25. The number of amides is 1. The van der Waals surface area contributed by atoms with Gasteiger partial charge in [0, 0.05) is 12.3 Å². The fraction of sp³-hybridized carbons (Fsp3) is 0.312. The molecule has 0 bridgehead atoms. The number of H-pyrrole nitrogens is 1. The minimum absolute atomic E-state index is 0.109. The Morgan fingerprint density at radius 1 is 1.27 bits per heavy atom. The Hall–Kier alpha value is -2.08. The highest BCUT2D eigenvalue weighted by molar-refractivity contribution is 7.98. The molecule has 22 heavy (non-hydrogen) atoms. The summed E-state index contributed by atoms with van der Waals surface area (Å²) in [5.74, 6) is 0.0217. The summed E-state index contributed by atoms with van der Waals surface area (Å²) in [5.41, 5.74) is 3.61. The summed E-state index contributed by atoms with van der Waals surface area (Å²) in [7, 11) is 0. The molecule has 3 rings (SSSR count). The Bertz CT molecular complexity index is 814. The van der Waals surface area contributed by atoms with Crippen LogP contribution in [0.4, 0.5) is 5.82 Å². The van der Waals surface area contributed by atoms with Crippen molar-refractivity contribution in [3.63, 3.8) is 0 Å². The van der Waals surface area contributed by atoms with Crippen molar-refractivity contribution < 1.29 is 4.79 Å². The van der Waals surface area contributed by atoms with Crippen LogP contribution in [0.5, 0.6) is 0 Å². The third-order valence-corrected chi connectivity index (χ3v) is 4.50. The molecule has 1 aromatic heterocycles. The molecule has 0 aliphatic carbocycles. The van der Waals surface area contributed by atoms with Gasteiger partial charge in [0.1, 0.15) is 5.82 Å². The zero-order valence-electron chi connectivity index (χ0n) is 12.7. The lowest BCUT2D eigenvalue weighted by molar-refractivity contribution is -0.116. The Kier molecular flexibility index (Phi) is 3.78. The zero-order valence-corrected chi connectivity index (χ0v) is 13.5. The Balaban J connectivity index is 2.19. The number of hydrogen-bond donors (Lipinski definition) is 2. The first kappa shape index (κ1) is 14.8. The van der Waals surface area contributed by atoms with Gasteiger partial charge in [0.05, 0.1) is 5.56 Å². The summed E-state index contributed by atoms with van der Waals surface area (Å²) >= 11 is 1.34. The number of fused-ring (bicyclic) bond motifs is 1. The molecule has 1 atom stereocenters. The number of thioether (sulfide) groups is 1. The van der Waals surface area contributed by atoms with Gasteiger partial charge in [0.2, 0.25) is 5.91 Å². The summed E-state index contributed by atoms with van der Waals surface area (Å²) in [5, 5.41) is 3.23. The van der Waals surface area contributed by atoms with Crippen LogP contribution in [-0.4, -0.2) is 22.1 Å². The van der Waals surface area contributed by atoms with Crippen molar-refractivity contribution in [2.24, 2.45) is 0 Å². The van der Waals surface area contributed by atoms with Crippen LogP contribution in [0.3, 0.4) is 0 Å². The van der Waals surface area contributed by atoms with Crippen LogP contribution in [0.25, 0.3) is 0 Å². The summed E-state index contributed by atoms with van der Waals surface area (Å²) in [4.78, 5) is 31.6. The largest absolute Gasteiger partial charge is 0.310 e. The van der Waals surface area contributed by atoms with Crippen molar-refractivity contribution in [1.82, 2.24) is 9.97 Å². The van der Waals surface area contributed by atoms with Crippen LogP contribution in [-0.2, 0) is 4.79 Å². The van der Waals surface area contributed by atoms with Crippen LogP contribution >= 0.6 is 11.8 Å². The zero-order chi connectivity index (χ0) is 15.9. The summed E-state index contributed by atoms with van der Waals surface area (Å²) < 4.78 is 0. The Morgan fingerprint density at radius 3 is 2.73 bits per heavy atom. The highest BCUT2D eigenvalue weighted by Gasteiger charge is 2.31. The Labute approximate surface area is 132 Å². The van der Waals surface area contributed by atoms with Gasteiger partial charge in [-0.25, -0.2) is 4.98 Å². The maximum absolute atomic E-state index is 12.5. The van der Waals surface area contributed by atoms with Gasteiger partial charge in [-0.15, -0.1) is 0 Å². The third kappa shape index (κ3) is 2.54. The van der Waals surface area contributed by atoms with E-state index in [1.807, 2.05) is 32.2 Å². The van der Waals surface area contributed by atoms with Crippen molar-refractivity contribution in [1.29, 1.82) is 0 Å². The second-order valence-electron chi connectivity index (χ2n) is 5.50. The molecule has 1 amide bonds. The quantitative estimate of drug-likeness (QED) is 0.660. The predicted octanol–water partition coefficient (Wildman–Crippen LogP) is 2.58. The topological polar surface area (TPSA) is 74.8 Å². The lowest BCUT2D eigenvalue weighted by atomic mass is 9.84. The molecular formula is C16H17N3O2S. The first-order valence-electron chi connectivity index (χ1n) is 7.05. The molecule has 0 radical (unpaired) electrons. The molecule has 5 nitrogen and oxygen atoms in total. The molecule has 0 unspecified atom stereocenters. The number of aromatic amines is 1. The van der Waals surface area contributed by atoms with E-state index in [2.05, 4.69) is 21.4 Å². The van der Waals surface area contributed by atoms with E-state index in [0.29, 0.717) is 16.5 Å². The van der Waals surface area contributed by atoms with Gasteiger partial charge in [-0.1, -0.05) is 35.5 Å². The standard InChI is InChI=1S/C16H17N3O2S/c1-8-4-5-10(9(2)6-8)11-7-12(20)17-14-13(11)15(21)19-16(18-14)22-3/h4-6,11H,7H2,1-3H3,(H2,17,18,19,20,21)/t11-/m0/s1. The normalized spacial score (nSPS) is 17.0. The van der Waals surface area contributed by atoms with E-state index in [9.17, 15) is 9.59 Å². The van der Waals surface area contributed by atoms with Crippen molar-refractivity contribution in [2.45, 2.75) is 31.3 Å². The average Bonchev–Trinajstić information content (AvgIpc) is 2.45. The molecule has 0 saturated heterocycles. The monoisotopic (exact) mass is 315 g/mol. The van der Waals surface area contributed by atoms with E-state index in [1.54, 1.807) is 0 Å². The van der Waals surface area contributed by atoms with Gasteiger partial charge in [-0.2, -0.15) is 0 Å². The highest BCUT2D eigenvalue weighted by atomic mass is 32.2. The minimum Gasteiger partial charge on any atom is -0.310 e. The molecule has 0 saturated carbocycles. The summed E-state index contributed by atoms with van der Waals surface area (Å²) in [6.45, 7) is 4.03.